The summed E-state index contributed by atoms with van der Waals surface area (Å²) in [6, 6.07) is 6.50. The second-order valence-electron chi connectivity index (χ2n) is 6.40. The van der Waals surface area contributed by atoms with Crippen LogP contribution in [-0.2, 0) is 17.6 Å². The van der Waals surface area contributed by atoms with E-state index >= 15 is 0 Å². The lowest BCUT2D eigenvalue weighted by Crippen LogP contribution is -2.38. The Balaban J connectivity index is 2.25. The van der Waals surface area contributed by atoms with Gasteiger partial charge < -0.3 is 4.90 Å². The highest BCUT2D eigenvalue weighted by Gasteiger charge is 2.32. The van der Waals surface area contributed by atoms with Crippen LogP contribution in [0, 0.1) is 5.41 Å². The van der Waals surface area contributed by atoms with Gasteiger partial charge in [0.1, 0.15) is 0 Å². The third kappa shape index (κ3) is 3.19. The highest BCUT2D eigenvalue weighted by atomic mass is 79.9. The van der Waals surface area contributed by atoms with Gasteiger partial charge in [-0.05, 0) is 30.0 Å². The zero-order valence-corrected chi connectivity index (χ0v) is 13.8. The van der Waals surface area contributed by atoms with Crippen LogP contribution in [0.15, 0.2) is 18.2 Å². The highest BCUT2D eigenvalue weighted by molar-refractivity contribution is 9.09. The lowest BCUT2D eigenvalue weighted by molar-refractivity contribution is -0.125. The predicted octanol–water partition coefficient (Wildman–Crippen LogP) is 3.95. The van der Waals surface area contributed by atoms with Crippen molar-refractivity contribution in [2.75, 3.05) is 11.4 Å². The normalized spacial score (nSPS) is 16.4. The molecule has 0 saturated heterocycles. The van der Waals surface area contributed by atoms with E-state index in [0.29, 0.717) is 4.83 Å². The maximum atomic E-state index is 12.4. The molecule has 0 bridgehead atoms. The number of rotatable bonds is 2. The summed E-state index contributed by atoms with van der Waals surface area (Å²) in [6.45, 7) is 8.91. The molecule has 1 aromatic rings. The van der Waals surface area contributed by atoms with Crippen LogP contribution in [0.25, 0.3) is 0 Å². The number of hydrogen-bond acceptors (Lipinski definition) is 1. The Kier molecular flexibility index (Phi) is 4.05. The maximum Gasteiger partial charge on any atom is 0.232 e. The molecule has 3 heteroatoms. The fourth-order valence-electron chi connectivity index (χ4n) is 2.52. The standard InChI is InChI=1S/C16H22BrNO/c1-11(17)9-12-5-6-14-13(10-12)7-8-18(14)15(19)16(2,3)4/h5-6,10-11H,7-9H2,1-4H3. The monoisotopic (exact) mass is 323 g/mol. The van der Waals surface area contributed by atoms with Crippen LogP contribution in [0.3, 0.4) is 0 Å². The van der Waals surface area contributed by atoms with E-state index in [0.717, 1.165) is 25.1 Å². The summed E-state index contributed by atoms with van der Waals surface area (Å²) in [5.41, 5.74) is 3.44. The van der Waals surface area contributed by atoms with Crippen LogP contribution in [-0.4, -0.2) is 17.3 Å². The van der Waals surface area contributed by atoms with Crippen molar-refractivity contribution in [2.45, 2.75) is 45.4 Å². The first-order valence-corrected chi connectivity index (χ1v) is 7.78. The Labute approximate surface area is 124 Å². The van der Waals surface area contributed by atoms with Crippen molar-refractivity contribution >= 4 is 27.5 Å². The number of carbonyl (C=O) groups is 1. The van der Waals surface area contributed by atoms with Crippen LogP contribution in [0.5, 0.6) is 0 Å². The Morgan fingerprint density at radius 1 is 1.42 bits per heavy atom. The van der Waals surface area contributed by atoms with Crippen LogP contribution >= 0.6 is 15.9 Å². The number of anilines is 1. The van der Waals surface area contributed by atoms with Gasteiger partial charge in [-0.1, -0.05) is 55.8 Å². The van der Waals surface area contributed by atoms with Gasteiger partial charge >= 0.3 is 0 Å². The lowest BCUT2D eigenvalue weighted by Gasteiger charge is -2.26. The van der Waals surface area contributed by atoms with Gasteiger partial charge in [-0.25, -0.2) is 0 Å². The fourth-order valence-corrected chi connectivity index (χ4v) is 2.90. The van der Waals surface area contributed by atoms with E-state index in [1.54, 1.807) is 0 Å². The van der Waals surface area contributed by atoms with Crippen LogP contribution in [0.2, 0.25) is 0 Å². The van der Waals surface area contributed by atoms with Crippen molar-refractivity contribution in [1.82, 2.24) is 0 Å². The molecule has 1 aromatic carbocycles. The van der Waals surface area contributed by atoms with E-state index in [2.05, 4.69) is 41.1 Å². The Bertz CT molecular complexity index is 488. The second kappa shape index (κ2) is 5.28. The largest absolute Gasteiger partial charge is 0.311 e. The molecule has 2 nitrogen and oxygen atoms in total. The fraction of sp³-hybridized carbons (Fsp3) is 0.562. The van der Waals surface area contributed by atoms with Gasteiger partial charge in [-0.3, -0.25) is 4.79 Å². The third-order valence-electron chi connectivity index (χ3n) is 3.44. The van der Waals surface area contributed by atoms with Gasteiger partial charge in [0.15, 0.2) is 0 Å². The second-order valence-corrected chi connectivity index (χ2v) is 7.97. The first-order valence-electron chi connectivity index (χ1n) is 6.87. The molecule has 104 valence electrons. The molecule has 0 radical (unpaired) electrons. The number of hydrogen-bond donors (Lipinski definition) is 0. The van der Waals surface area contributed by atoms with Crippen molar-refractivity contribution in [3.63, 3.8) is 0 Å². The van der Waals surface area contributed by atoms with Gasteiger partial charge in [0.05, 0.1) is 0 Å². The number of carbonyl (C=O) groups excluding carboxylic acids is 1. The van der Waals surface area contributed by atoms with E-state index < -0.39 is 0 Å². The van der Waals surface area contributed by atoms with Crippen molar-refractivity contribution in [1.29, 1.82) is 0 Å². The molecule has 1 aliphatic rings. The Morgan fingerprint density at radius 3 is 2.68 bits per heavy atom. The number of alkyl halides is 1. The van der Waals surface area contributed by atoms with Gasteiger partial charge in [-0.2, -0.15) is 0 Å². The highest BCUT2D eigenvalue weighted by Crippen LogP contribution is 2.32. The first-order chi connectivity index (χ1) is 8.79. The van der Waals surface area contributed by atoms with Crippen LogP contribution in [0.1, 0.15) is 38.8 Å². The zero-order valence-electron chi connectivity index (χ0n) is 12.2. The van der Waals surface area contributed by atoms with Crippen LogP contribution < -0.4 is 4.90 Å². The lowest BCUT2D eigenvalue weighted by atomic mass is 9.94. The summed E-state index contributed by atoms with van der Waals surface area (Å²) in [6.07, 6.45) is 2.00. The molecule has 0 spiro atoms. The Hall–Kier alpha value is -0.830. The molecule has 1 aliphatic heterocycles. The van der Waals surface area contributed by atoms with Crippen molar-refractivity contribution in [3.05, 3.63) is 29.3 Å². The average molecular weight is 324 g/mol. The smallest absolute Gasteiger partial charge is 0.232 e. The van der Waals surface area contributed by atoms with E-state index in [-0.39, 0.29) is 11.3 Å². The molecule has 0 N–H and O–H groups in total. The number of nitrogens with zero attached hydrogens (tertiary/aromatic N) is 1. The minimum Gasteiger partial charge on any atom is -0.311 e. The summed E-state index contributed by atoms with van der Waals surface area (Å²) < 4.78 is 0. The third-order valence-corrected chi connectivity index (χ3v) is 3.77. The molecular weight excluding hydrogens is 302 g/mol. The summed E-state index contributed by atoms with van der Waals surface area (Å²) in [7, 11) is 0. The molecule has 0 fully saturated rings. The quantitative estimate of drug-likeness (QED) is 0.755. The number of fused-ring (bicyclic) bond motifs is 1. The van der Waals surface area contributed by atoms with E-state index in [1.165, 1.54) is 11.1 Å². The summed E-state index contributed by atoms with van der Waals surface area (Å²) in [5, 5.41) is 0. The zero-order chi connectivity index (χ0) is 14.2. The molecule has 1 unspecified atom stereocenters. The SMILES string of the molecule is CC(Br)Cc1ccc2c(c1)CCN2C(=O)C(C)(C)C. The van der Waals surface area contributed by atoms with Gasteiger partial charge in [-0.15, -0.1) is 0 Å². The topological polar surface area (TPSA) is 20.3 Å². The molecule has 0 aromatic heterocycles. The van der Waals surface area contributed by atoms with Gasteiger partial charge in [0.25, 0.3) is 0 Å². The number of halogens is 1. The molecule has 2 rings (SSSR count). The summed E-state index contributed by atoms with van der Waals surface area (Å²) in [5.74, 6) is 0.216. The number of benzene rings is 1. The summed E-state index contributed by atoms with van der Waals surface area (Å²) >= 11 is 3.59. The van der Waals surface area contributed by atoms with Crippen molar-refractivity contribution in [2.24, 2.45) is 5.41 Å². The first kappa shape index (κ1) is 14.6. The Morgan fingerprint density at radius 2 is 2.11 bits per heavy atom. The molecule has 1 atom stereocenters. The van der Waals surface area contributed by atoms with E-state index in [9.17, 15) is 4.79 Å². The van der Waals surface area contributed by atoms with Crippen molar-refractivity contribution < 1.29 is 4.79 Å². The minimum atomic E-state index is -0.315. The minimum absolute atomic E-state index is 0.216. The number of amides is 1. The van der Waals surface area contributed by atoms with Gasteiger partial charge in [0, 0.05) is 22.5 Å². The summed E-state index contributed by atoms with van der Waals surface area (Å²) in [4.78, 5) is 14.8. The predicted molar refractivity (Wildman–Crippen MR) is 84.0 cm³/mol. The molecular formula is C16H22BrNO. The molecule has 1 heterocycles. The van der Waals surface area contributed by atoms with Crippen LogP contribution in [0.4, 0.5) is 5.69 Å². The van der Waals surface area contributed by atoms with Crippen molar-refractivity contribution in [3.8, 4) is 0 Å². The molecule has 1 amide bonds. The molecule has 19 heavy (non-hydrogen) atoms. The average Bonchev–Trinajstić information content (AvgIpc) is 2.68. The molecule has 0 aliphatic carbocycles. The van der Waals surface area contributed by atoms with E-state index in [1.807, 2.05) is 25.7 Å². The van der Waals surface area contributed by atoms with E-state index in [4.69, 9.17) is 0 Å². The van der Waals surface area contributed by atoms with Gasteiger partial charge in [0.2, 0.25) is 5.91 Å². The maximum absolute atomic E-state index is 12.4. The molecule has 0 saturated carbocycles.